The zero-order valence-corrected chi connectivity index (χ0v) is 46.2. The van der Waals surface area contributed by atoms with E-state index in [4.69, 9.17) is 14.2 Å². The van der Waals surface area contributed by atoms with E-state index in [0.29, 0.717) is 19.3 Å². The highest BCUT2D eigenvalue weighted by molar-refractivity contribution is 5.71. The van der Waals surface area contributed by atoms with Crippen LogP contribution in [-0.2, 0) is 28.6 Å². The van der Waals surface area contributed by atoms with Gasteiger partial charge in [-0.25, -0.2) is 0 Å². The van der Waals surface area contributed by atoms with Crippen LogP contribution in [0.3, 0.4) is 0 Å². The zero-order valence-electron chi connectivity index (χ0n) is 46.2. The van der Waals surface area contributed by atoms with Crippen LogP contribution in [0.25, 0.3) is 0 Å². The van der Waals surface area contributed by atoms with Crippen LogP contribution in [0, 0.1) is 0 Å². The van der Waals surface area contributed by atoms with E-state index < -0.39 is 6.10 Å². The molecular weight excluding hydrogens is 877 g/mol. The van der Waals surface area contributed by atoms with E-state index in [1.807, 2.05) is 0 Å². The number of unbranched alkanes of at least 4 members (excludes halogenated alkanes) is 23. The fraction of sp³-hybridized carbons (Fsp3) is 0.677. The Bertz CT molecular complexity index is 1460. The molecule has 0 aromatic carbocycles. The molecule has 0 aromatic heterocycles. The fourth-order valence-corrected chi connectivity index (χ4v) is 7.82. The lowest BCUT2D eigenvalue weighted by atomic mass is 10.1. The Morgan fingerprint density at radius 3 is 0.944 bits per heavy atom. The van der Waals surface area contributed by atoms with Crippen molar-refractivity contribution in [3.8, 4) is 0 Å². The number of carbonyl (C=O) groups excluding carboxylic acids is 3. The highest BCUT2D eigenvalue weighted by atomic mass is 16.6. The van der Waals surface area contributed by atoms with Crippen molar-refractivity contribution in [3.05, 3.63) is 109 Å². The lowest BCUT2D eigenvalue weighted by Crippen LogP contribution is -2.30. The molecule has 0 aromatic rings. The summed E-state index contributed by atoms with van der Waals surface area (Å²) >= 11 is 0. The Balaban J connectivity index is 4.50. The van der Waals surface area contributed by atoms with Crippen molar-refractivity contribution in [1.82, 2.24) is 0 Å². The smallest absolute Gasteiger partial charge is 0.306 e. The third kappa shape index (κ3) is 56.9. The highest BCUT2D eigenvalue weighted by Gasteiger charge is 2.19. The molecule has 0 aliphatic carbocycles. The average molecular weight is 986 g/mol. The predicted octanol–water partition coefficient (Wildman–Crippen LogP) is 19.9. The van der Waals surface area contributed by atoms with Gasteiger partial charge in [0.05, 0.1) is 0 Å². The van der Waals surface area contributed by atoms with Crippen LogP contribution in [0.2, 0.25) is 0 Å². The summed E-state index contributed by atoms with van der Waals surface area (Å²) in [5, 5.41) is 0. The third-order valence-corrected chi connectivity index (χ3v) is 12.2. The quantitative estimate of drug-likeness (QED) is 0.0261. The molecule has 404 valence electrons. The van der Waals surface area contributed by atoms with E-state index >= 15 is 0 Å². The average Bonchev–Trinajstić information content (AvgIpc) is 3.37. The molecule has 6 heteroatoms. The molecule has 6 nitrogen and oxygen atoms in total. The molecule has 0 amide bonds. The van der Waals surface area contributed by atoms with Gasteiger partial charge in [0.1, 0.15) is 13.2 Å². The van der Waals surface area contributed by atoms with Crippen molar-refractivity contribution in [2.75, 3.05) is 13.2 Å². The molecule has 0 radical (unpaired) electrons. The van der Waals surface area contributed by atoms with E-state index in [1.54, 1.807) is 0 Å². The Hall–Kier alpha value is -3.93. The fourth-order valence-electron chi connectivity index (χ4n) is 7.82. The molecule has 0 spiro atoms. The van der Waals surface area contributed by atoms with Crippen molar-refractivity contribution < 1.29 is 28.6 Å². The van der Waals surface area contributed by atoms with Crippen molar-refractivity contribution >= 4 is 17.9 Å². The van der Waals surface area contributed by atoms with Crippen molar-refractivity contribution in [1.29, 1.82) is 0 Å². The number of carbonyl (C=O) groups is 3. The minimum atomic E-state index is -0.812. The number of hydrogen-bond acceptors (Lipinski definition) is 6. The van der Waals surface area contributed by atoms with Crippen LogP contribution in [0.5, 0.6) is 0 Å². The molecule has 0 N–H and O–H groups in total. The lowest BCUT2D eigenvalue weighted by molar-refractivity contribution is -0.167. The van der Waals surface area contributed by atoms with Crippen LogP contribution in [0.4, 0.5) is 0 Å². The van der Waals surface area contributed by atoms with Gasteiger partial charge in [-0.1, -0.05) is 226 Å². The normalized spacial score (nSPS) is 12.9. The molecule has 1 atom stereocenters. The van der Waals surface area contributed by atoms with Gasteiger partial charge in [0.15, 0.2) is 6.10 Å². The van der Waals surface area contributed by atoms with Crippen molar-refractivity contribution in [3.63, 3.8) is 0 Å². The second-order valence-corrected chi connectivity index (χ2v) is 19.2. The van der Waals surface area contributed by atoms with Gasteiger partial charge in [0.25, 0.3) is 0 Å². The van der Waals surface area contributed by atoms with Gasteiger partial charge < -0.3 is 14.2 Å². The Kier molecular flexibility index (Phi) is 55.4. The molecule has 0 heterocycles. The monoisotopic (exact) mass is 985 g/mol. The van der Waals surface area contributed by atoms with Crippen molar-refractivity contribution in [2.45, 2.75) is 271 Å². The summed E-state index contributed by atoms with van der Waals surface area (Å²) in [5.74, 6) is -0.981. The first-order valence-electron chi connectivity index (χ1n) is 29.4. The van der Waals surface area contributed by atoms with E-state index in [9.17, 15) is 14.4 Å². The molecule has 0 unspecified atom stereocenters. The van der Waals surface area contributed by atoms with Crippen LogP contribution < -0.4 is 0 Å². The van der Waals surface area contributed by atoms with Crippen LogP contribution >= 0.6 is 0 Å². The van der Waals surface area contributed by atoms with Gasteiger partial charge in [0, 0.05) is 19.3 Å². The van der Waals surface area contributed by atoms with E-state index in [2.05, 4.69) is 130 Å². The van der Waals surface area contributed by atoms with Gasteiger partial charge in [-0.15, -0.1) is 0 Å². The molecule has 71 heavy (non-hydrogen) atoms. The predicted molar refractivity (Wildman–Crippen MR) is 307 cm³/mol. The second kappa shape index (κ2) is 58.6. The van der Waals surface area contributed by atoms with E-state index in [0.717, 1.165) is 109 Å². The summed E-state index contributed by atoms with van der Waals surface area (Å²) in [6, 6.07) is 0. The summed E-state index contributed by atoms with van der Waals surface area (Å²) in [4.78, 5) is 38.2. The van der Waals surface area contributed by atoms with Crippen LogP contribution in [0.1, 0.15) is 265 Å². The van der Waals surface area contributed by atoms with Gasteiger partial charge in [-0.3, -0.25) is 14.4 Å². The summed E-state index contributed by atoms with van der Waals surface area (Å²) in [7, 11) is 0. The summed E-state index contributed by atoms with van der Waals surface area (Å²) in [5.41, 5.74) is 0. The first kappa shape index (κ1) is 67.1. The summed E-state index contributed by atoms with van der Waals surface area (Å²) < 4.78 is 16.8. The molecule has 0 aliphatic heterocycles. The van der Waals surface area contributed by atoms with Crippen LogP contribution in [0.15, 0.2) is 109 Å². The van der Waals surface area contributed by atoms with Gasteiger partial charge in [0.2, 0.25) is 0 Å². The Labute approximate surface area is 438 Å². The van der Waals surface area contributed by atoms with Crippen LogP contribution in [-0.4, -0.2) is 37.2 Å². The minimum absolute atomic E-state index is 0.110. The SMILES string of the molecule is CC/C=C\C/C=C\C/C=C\C/C=C\C/C=C\CCCCCC(=O)OC[C@@H](COC(=O)CCCC/C=C\C/C=C\C/C=C\CCCCC)OC(=O)CCCCCCCCC/C=C\CCCCCCCCCC. The minimum Gasteiger partial charge on any atom is -0.462 e. The molecular formula is C65H108O6. The summed E-state index contributed by atoms with van der Waals surface area (Å²) in [6.07, 6.45) is 79.4. The Morgan fingerprint density at radius 1 is 0.296 bits per heavy atom. The zero-order chi connectivity index (χ0) is 51.4. The van der Waals surface area contributed by atoms with Gasteiger partial charge >= 0.3 is 17.9 Å². The largest absolute Gasteiger partial charge is 0.462 e. The number of hydrogen-bond donors (Lipinski definition) is 0. The van der Waals surface area contributed by atoms with E-state index in [-0.39, 0.29) is 31.1 Å². The molecule has 0 fully saturated rings. The number of rotatable bonds is 52. The number of esters is 3. The third-order valence-electron chi connectivity index (χ3n) is 12.2. The molecule has 0 aliphatic rings. The lowest BCUT2D eigenvalue weighted by Gasteiger charge is -2.18. The molecule has 0 saturated heterocycles. The maximum atomic E-state index is 12.9. The number of ether oxygens (including phenoxy) is 3. The van der Waals surface area contributed by atoms with Crippen molar-refractivity contribution in [2.24, 2.45) is 0 Å². The topological polar surface area (TPSA) is 78.9 Å². The molecule has 0 saturated carbocycles. The molecule has 0 bridgehead atoms. The van der Waals surface area contributed by atoms with Gasteiger partial charge in [-0.05, 0) is 128 Å². The second-order valence-electron chi connectivity index (χ2n) is 19.2. The highest BCUT2D eigenvalue weighted by Crippen LogP contribution is 2.14. The maximum Gasteiger partial charge on any atom is 0.306 e. The first-order valence-corrected chi connectivity index (χ1v) is 29.4. The first-order chi connectivity index (χ1) is 35.0. The summed E-state index contributed by atoms with van der Waals surface area (Å²) in [6.45, 7) is 6.44. The Morgan fingerprint density at radius 2 is 0.549 bits per heavy atom. The van der Waals surface area contributed by atoms with Gasteiger partial charge in [-0.2, -0.15) is 0 Å². The number of allylic oxidation sites excluding steroid dienone is 18. The standard InChI is InChI=1S/C65H108O6/c1-4-7-10-13-16-19-22-25-28-30-32-34-37-40-43-46-49-52-55-58-64(67)70-61-62(60-69-63(66)57-54-51-48-45-42-39-36-27-24-21-18-15-12-9-6-3)71-65(68)59-56-53-50-47-44-41-38-35-33-31-29-26-23-20-17-14-11-8-5-2/h7,10,16,18-19,21,25,27-28,31-34,36,40,42-43,45,62H,4-6,8-9,11-15,17,20,22-24,26,29-30,35,37-39,41,44,46-61H2,1-3H3/b10-7-,19-16-,21-18-,28-25-,33-31-,34-32-,36-27-,43-40-,45-42-/t62-/m1/s1. The maximum absolute atomic E-state index is 12.9. The van der Waals surface area contributed by atoms with E-state index in [1.165, 1.54) is 116 Å². The molecule has 0 rings (SSSR count).